The van der Waals surface area contributed by atoms with E-state index in [1.54, 1.807) is 6.92 Å². The van der Waals surface area contributed by atoms with Crippen LogP contribution in [0.1, 0.15) is 6.92 Å². The van der Waals surface area contributed by atoms with Crippen LogP contribution in [0.25, 0.3) is 0 Å². The first-order chi connectivity index (χ1) is 5.61. The molecule has 0 aliphatic carbocycles. The molecule has 0 spiro atoms. The molecule has 0 fully saturated rings. The molecule has 5 nitrogen and oxygen atoms in total. The van der Waals surface area contributed by atoms with E-state index in [9.17, 15) is 9.59 Å². The van der Waals surface area contributed by atoms with Gasteiger partial charge in [-0.25, -0.2) is 9.59 Å². The fraction of sp³-hybridized carbons (Fsp3) is 0.286. The summed E-state index contributed by atoms with van der Waals surface area (Å²) in [4.78, 5) is 23.9. The van der Waals surface area contributed by atoms with Crippen molar-refractivity contribution in [2.75, 3.05) is 7.11 Å². The van der Waals surface area contributed by atoms with Crippen molar-refractivity contribution in [3.63, 3.8) is 0 Å². The Labute approximate surface area is 69.4 Å². The topological polar surface area (TPSA) is 76.0 Å². The summed E-state index contributed by atoms with van der Waals surface area (Å²) >= 11 is 0. The monoisotopic (exact) mass is 171 g/mol. The molecule has 0 heterocycles. The summed E-state index contributed by atoms with van der Waals surface area (Å²) in [6, 6.07) is 0. The highest BCUT2D eigenvalue weighted by atomic mass is 16.5. The van der Waals surface area contributed by atoms with Crippen molar-refractivity contribution in [3.8, 4) is 0 Å². The van der Waals surface area contributed by atoms with Gasteiger partial charge in [-0.2, -0.15) is 4.99 Å². The molecule has 0 atom stereocenters. The first kappa shape index (κ1) is 10.3. The minimum Gasteiger partial charge on any atom is -0.464 e. The summed E-state index contributed by atoms with van der Waals surface area (Å²) in [5, 5.41) is 8.23. The number of carbonyl (C=O) groups excluding carboxylic acids is 1. The number of hydrogen-bond acceptors (Lipinski definition) is 3. The lowest BCUT2D eigenvalue weighted by Crippen LogP contribution is -2.14. The van der Waals surface area contributed by atoms with Crippen LogP contribution in [-0.2, 0) is 9.53 Å². The Kier molecular flexibility index (Phi) is 4.36. The van der Waals surface area contributed by atoms with E-state index in [1.165, 1.54) is 12.2 Å². The van der Waals surface area contributed by atoms with Crippen LogP contribution < -0.4 is 0 Å². The molecule has 0 rings (SSSR count). The van der Waals surface area contributed by atoms with Crippen LogP contribution in [0.3, 0.4) is 0 Å². The SMILES string of the molecule is C/C=C\C(=NC(=O)O)C(=O)OC. The summed E-state index contributed by atoms with van der Waals surface area (Å²) in [6.45, 7) is 1.64. The lowest BCUT2D eigenvalue weighted by molar-refractivity contribution is -0.132. The standard InChI is InChI=1S/C7H9NO4/c1-3-4-5(6(9)12-2)8-7(10)11/h3-4H,1-2H3,(H,10,11)/b4-3-,8-5?. The van der Waals surface area contributed by atoms with Gasteiger partial charge in [0.05, 0.1) is 7.11 Å². The number of hydrogen-bond donors (Lipinski definition) is 1. The molecule has 0 aromatic rings. The van der Waals surface area contributed by atoms with Gasteiger partial charge in [0.15, 0.2) is 5.71 Å². The van der Waals surface area contributed by atoms with Gasteiger partial charge < -0.3 is 9.84 Å². The molecule has 1 N–H and O–H groups in total. The zero-order valence-corrected chi connectivity index (χ0v) is 6.77. The molecule has 0 radical (unpaired) electrons. The summed E-state index contributed by atoms with van der Waals surface area (Å²) in [5.41, 5.74) is -0.229. The highest BCUT2D eigenvalue weighted by Crippen LogP contribution is 1.88. The molecule has 0 aliphatic heterocycles. The van der Waals surface area contributed by atoms with E-state index in [1.807, 2.05) is 0 Å². The van der Waals surface area contributed by atoms with E-state index in [4.69, 9.17) is 5.11 Å². The fourth-order valence-electron chi connectivity index (χ4n) is 0.516. The molecule has 0 bridgehead atoms. The van der Waals surface area contributed by atoms with Crippen molar-refractivity contribution in [1.82, 2.24) is 0 Å². The number of nitrogens with zero attached hydrogens (tertiary/aromatic N) is 1. The number of amides is 1. The van der Waals surface area contributed by atoms with Gasteiger partial charge in [0.25, 0.3) is 0 Å². The van der Waals surface area contributed by atoms with Crippen LogP contribution in [-0.4, -0.2) is 30.0 Å². The molecule has 0 aromatic carbocycles. The summed E-state index contributed by atoms with van der Waals surface area (Å²) in [6.07, 6.45) is 1.34. The molecule has 0 unspecified atom stereocenters. The number of carbonyl (C=O) groups is 2. The van der Waals surface area contributed by atoms with Gasteiger partial charge in [-0.05, 0) is 13.0 Å². The van der Waals surface area contributed by atoms with Crippen LogP contribution in [0.5, 0.6) is 0 Å². The predicted molar refractivity (Wildman–Crippen MR) is 42.3 cm³/mol. The van der Waals surface area contributed by atoms with Gasteiger partial charge in [0.1, 0.15) is 0 Å². The van der Waals surface area contributed by atoms with Gasteiger partial charge in [-0.15, -0.1) is 0 Å². The molecule has 12 heavy (non-hydrogen) atoms. The van der Waals surface area contributed by atoms with Crippen LogP contribution in [0.2, 0.25) is 0 Å². The number of carboxylic acid groups (broad SMARTS) is 1. The Hall–Kier alpha value is -1.65. The molecular formula is C7H9NO4. The van der Waals surface area contributed by atoms with Crippen LogP contribution >= 0.6 is 0 Å². The first-order valence-electron chi connectivity index (χ1n) is 3.14. The van der Waals surface area contributed by atoms with E-state index in [0.717, 1.165) is 7.11 Å². The van der Waals surface area contributed by atoms with Crippen molar-refractivity contribution in [3.05, 3.63) is 12.2 Å². The number of aliphatic imine (C=N–C) groups is 1. The maximum Gasteiger partial charge on any atom is 0.431 e. The zero-order chi connectivity index (χ0) is 9.56. The summed E-state index contributed by atoms with van der Waals surface area (Å²) < 4.78 is 4.28. The zero-order valence-electron chi connectivity index (χ0n) is 6.77. The van der Waals surface area contributed by atoms with E-state index < -0.39 is 12.1 Å². The Morgan fingerprint density at radius 3 is 2.42 bits per heavy atom. The normalized spacial score (nSPS) is 11.7. The molecule has 0 saturated heterocycles. The fourth-order valence-corrected chi connectivity index (χ4v) is 0.516. The van der Waals surface area contributed by atoms with Crippen molar-refractivity contribution < 1.29 is 19.4 Å². The molecular weight excluding hydrogens is 162 g/mol. The van der Waals surface area contributed by atoms with Crippen LogP contribution in [0.15, 0.2) is 17.1 Å². The first-order valence-corrected chi connectivity index (χ1v) is 3.14. The Balaban J connectivity index is 4.66. The third kappa shape index (κ3) is 3.50. The smallest absolute Gasteiger partial charge is 0.431 e. The van der Waals surface area contributed by atoms with Gasteiger partial charge in [0, 0.05) is 0 Å². The lowest BCUT2D eigenvalue weighted by Gasteiger charge is -1.95. The molecule has 1 amide bonds. The second-order valence-electron chi connectivity index (χ2n) is 1.77. The molecule has 0 saturated carbocycles. The maximum atomic E-state index is 10.8. The molecule has 5 heteroatoms. The lowest BCUT2D eigenvalue weighted by atomic mass is 10.3. The van der Waals surface area contributed by atoms with E-state index in [2.05, 4.69) is 9.73 Å². The minimum absolute atomic E-state index is 0.229. The van der Waals surface area contributed by atoms with Crippen LogP contribution in [0.4, 0.5) is 4.79 Å². The summed E-state index contributed by atoms with van der Waals surface area (Å²) in [5.74, 6) is -0.768. The Bertz CT molecular complexity index is 242. The number of methoxy groups -OCH3 is 1. The highest BCUT2D eigenvalue weighted by Gasteiger charge is 2.08. The number of rotatable bonds is 2. The molecule has 0 aromatic heterocycles. The second kappa shape index (κ2) is 5.06. The Morgan fingerprint density at radius 2 is 2.08 bits per heavy atom. The number of allylic oxidation sites excluding steroid dienone is 1. The predicted octanol–water partition coefficient (Wildman–Crippen LogP) is 0.855. The van der Waals surface area contributed by atoms with Gasteiger partial charge >= 0.3 is 12.1 Å². The van der Waals surface area contributed by atoms with Gasteiger partial charge in [-0.1, -0.05) is 6.08 Å². The highest BCUT2D eigenvalue weighted by molar-refractivity contribution is 6.42. The van der Waals surface area contributed by atoms with Crippen molar-refractivity contribution >= 4 is 17.8 Å². The average Bonchev–Trinajstić information content (AvgIpc) is 2.01. The average molecular weight is 171 g/mol. The summed E-state index contributed by atoms with van der Waals surface area (Å²) in [7, 11) is 1.16. The van der Waals surface area contributed by atoms with Crippen LogP contribution in [0, 0.1) is 0 Å². The van der Waals surface area contributed by atoms with Crippen molar-refractivity contribution in [2.24, 2.45) is 4.99 Å². The molecule has 66 valence electrons. The third-order valence-corrected chi connectivity index (χ3v) is 0.935. The maximum absolute atomic E-state index is 10.8. The quantitative estimate of drug-likeness (QED) is 0.493. The third-order valence-electron chi connectivity index (χ3n) is 0.935. The van der Waals surface area contributed by atoms with E-state index in [-0.39, 0.29) is 5.71 Å². The second-order valence-corrected chi connectivity index (χ2v) is 1.77. The Morgan fingerprint density at radius 1 is 1.50 bits per heavy atom. The number of esters is 1. The number of ether oxygens (including phenoxy) is 1. The van der Waals surface area contributed by atoms with Gasteiger partial charge in [0.2, 0.25) is 0 Å². The van der Waals surface area contributed by atoms with Gasteiger partial charge in [-0.3, -0.25) is 0 Å². The van der Waals surface area contributed by atoms with Crippen molar-refractivity contribution in [2.45, 2.75) is 6.92 Å². The minimum atomic E-state index is -1.42. The largest absolute Gasteiger partial charge is 0.464 e. The van der Waals surface area contributed by atoms with E-state index in [0.29, 0.717) is 0 Å². The van der Waals surface area contributed by atoms with Crippen molar-refractivity contribution in [1.29, 1.82) is 0 Å². The molecule has 0 aliphatic rings. The van der Waals surface area contributed by atoms with E-state index >= 15 is 0 Å².